The number of ketones is 1. The Morgan fingerprint density at radius 1 is 1.12 bits per heavy atom. The van der Waals surface area contributed by atoms with Crippen molar-refractivity contribution in [1.29, 1.82) is 0 Å². The lowest BCUT2D eigenvalue weighted by Gasteiger charge is -2.12. The number of rotatable bonds is 6. The molecule has 6 nitrogen and oxygen atoms in total. The van der Waals surface area contributed by atoms with E-state index in [1.807, 2.05) is 0 Å². The second-order valence-corrected chi connectivity index (χ2v) is 3.95. The molecule has 1 aliphatic rings. The van der Waals surface area contributed by atoms with Crippen molar-refractivity contribution in [3.63, 3.8) is 0 Å². The summed E-state index contributed by atoms with van der Waals surface area (Å²) in [6, 6.07) is 0. The Morgan fingerprint density at radius 2 is 1.65 bits per heavy atom. The lowest BCUT2D eigenvalue weighted by molar-refractivity contribution is -0.197. The Hall–Kier alpha value is -1.72. The highest BCUT2D eigenvalue weighted by Gasteiger charge is 2.32. The molecule has 17 heavy (non-hydrogen) atoms. The molecule has 0 saturated carbocycles. The molecule has 1 fully saturated rings. The summed E-state index contributed by atoms with van der Waals surface area (Å²) in [7, 11) is 0. The second-order valence-electron chi connectivity index (χ2n) is 3.95. The zero-order valence-corrected chi connectivity index (χ0v) is 9.73. The monoisotopic (exact) mass is 241 g/mol. The predicted molar refractivity (Wildman–Crippen MR) is 56.3 cm³/mol. The highest BCUT2D eigenvalue weighted by molar-refractivity contribution is 6.01. The van der Waals surface area contributed by atoms with Crippen LogP contribution in [0.4, 0.5) is 0 Å². The maximum absolute atomic E-state index is 11.3. The maximum atomic E-state index is 11.3. The smallest absolute Gasteiger partial charge is 0.330 e. The summed E-state index contributed by atoms with van der Waals surface area (Å²) < 4.78 is 0. The van der Waals surface area contributed by atoms with Crippen LogP contribution in [0.5, 0.6) is 0 Å². The van der Waals surface area contributed by atoms with Crippen LogP contribution < -0.4 is 0 Å². The molecule has 0 radical (unpaired) electrons. The van der Waals surface area contributed by atoms with Gasteiger partial charge in [-0.25, -0.2) is 4.79 Å². The summed E-state index contributed by atoms with van der Waals surface area (Å²) in [4.78, 5) is 48.8. The normalized spacial score (nSPS) is 15.2. The molecule has 0 aromatic heterocycles. The van der Waals surface area contributed by atoms with Gasteiger partial charge < -0.3 is 9.63 Å². The van der Waals surface area contributed by atoms with Crippen molar-refractivity contribution in [3.8, 4) is 0 Å². The first kappa shape index (κ1) is 13.3. The molecule has 0 unspecified atom stereocenters. The number of amides is 2. The zero-order valence-electron chi connectivity index (χ0n) is 9.73. The van der Waals surface area contributed by atoms with Crippen molar-refractivity contribution in [3.05, 3.63) is 0 Å². The number of nitrogens with zero attached hydrogens (tertiary/aromatic N) is 1. The number of hydrogen-bond acceptors (Lipinski definition) is 5. The van der Waals surface area contributed by atoms with Crippen LogP contribution in [0.1, 0.15) is 45.4 Å². The number of hydrogen-bond donors (Lipinski definition) is 0. The van der Waals surface area contributed by atoms with Crippen LogP contribution in [-0.2, 0) is 24.0 Å². The Kier molecular flexibility index (Phi) is 4.81. The van der Waals surface area contributed by atoms with Gasteiger partial charge in [0.05, 0.1) is 0 Å². The molecule has 0 atom stereocenters. The maximum Gasteiger partial charge on any atom is 0.333 e. The number of carbonyl (C=O) groups is 4. The van der Waals surface area contributed by atoms with Crippen molar-refractivity contribution in [2.75, 3.05) is 0 Å². The topological polar surface area (TPSA) is 80.8 Å². The van der Waals surface area contributed by atoms with E-state index in [0.717, 1.165) is 0 Å². The van der Waals surface area contributed by atoms with Crippen molar-refractivity contribution in [1.82, 2.24) is 5.06 Å². The highest BCUT2D eigenvalue weighted by atomic mass is 16.7. The molecule has 0 aromatic rings. The molecule has 0 N–H and O–H groups in total. The van der Waals surface area contributed by atoms with E-state index in [4.69, 9.17) is 0 Å². The predicted octanol–water partition coefficient (Wildman–Crippen LogP) is 0.743. The van der Waals surface area contributed by atoms with Gasteiger partial charge in [0, 0.05) is 25.7 Å². The van der Waals surface area contributed by atoms with Crippen molar-refractivity contribution >= 4 is 23.6 Å². The Morgan fingerprint density at radius 3 is 2.18 bits per heavy atom. The van der Waals surface area contributed by atoms with E-state index < -0.39 is 17.8 Å². The third-order valence-corrected chi connectivity index (χ3v) is 2.36. The molecule has 2 amide bonds. The van der Waals surface area contributed by atoms with E-state index in [2.05, 4.69) is 4.84 Å². The van der Waals surface area contributed by atoms with Crippen LogP contribution in [0.15, 0.2) is 0 Å². The van der Waals surface area contributed by atoms with Crippen molar-refractivity contribution in [2.45, 2.75) is 45.4 Å². The molecule has 6 heteroatoms. The first-order valence-electron chi connectivity index (χ1n) is 5.56. The molecule has 1 rings (SSSR count). The quantitative estimate of drug-likeness (QED) is 0.506. The fourth-order valence-electron chi connectivity index (χ4n) is 1.45. The zero-order chi connectivity index (χ0) is 12.8. The van der Waals surface area contributed by atoms with Crippen LogP contribution in [0.3, 0.4) is 0 Å². The van der Waals surface area contributed by atoms with Crippen LogP contribution in [0.2, 0.25) is 0 Å². The van der Waals surface area contributed by atoms with Gasteiger partial charge in [0.2, 0.25) is 0 Å². The fourth-order valence-corrected chi connectivity index (χ4v) is 1.45. The molecule has 0 spiro atoms. The minimum Gasteiger partial charge on any atom is -0.330 e. The van der Waals surface area contributed by atoms with E-state index >= 15 is 0 Å². The van der Waals surface area contributed by atoms with Gasteiger partial charge in [0.15, 0.2) is 0 Å². The number of Topliss-reactive ketones (excluding diaryl/α,β-unsaturated/α-hetero) is 1. The number of hydroxylamine groups is 2. The summed E-state index contributed by atoms with van der Waals surface area (Å²) in [6.07, 6.45) is 1.83. The van der Waals surface area contributed by atoms with Gasteiger partial charge in [-0.3, -0.25) is 9.59 Å². The van der Waals surface area contributed by atoms with E-state index in [-0.39, 0.29) is 25.0 Å². The van der Waals surface area contributed by atoms with Gasteiger partial charge in [0.25, 0.3) is 11.8 Å². The van der Waals surface area contributed by atoms with E-state index in [1.165, 1.54) is 6.92 Å². The number of imide groups is 1. The molecule has 94 valence electrons. The minimum absolute atomic E-state index is 0.0725. The Bertz CT molecular complexity index is 334. The van der Waals surface area contributed by atoms with Gasteiger partial charge in [-0.1, -0.05) is 0 Å². The lowest BCUT2D eigenvalue weighted by atomic mass is 10.1. The van der Waals surface area contributed by atoms with Crippen LogP contribution in [0, 0.1) is 0 Å². The third kappa shape index (κ3) is 4.34. The van der Waals surface area contributed by atoms with Crippen LogP contribution in [0.25, 0.3) is 0 Å². The summed E-state index contributed by atoms with van der Waals surface area (Å²) >= 11 is 0. The average Bonchev–Trinajstić information content (AvgIpc) is 2.56. The van der Waals surface area contributed by atoms with E-state index in [1.54, 1.807) is 0 Å². The molecule has 0 aromatic carbocycles. The molecular weight excluding hydrogens is 226 g/mol. The minimum atomic E-state index is -0.614. The van der Waals surface area contributed by atoms with Gasteiger partial charge >= 0.3 is 5.97 Å². The molecule has 0 bridgehead atoms. The average molecular weight is 241 g/mol. The largest absolute Gasteiger partial charge is 0.333 e. The number of unbranched alkanes of at least 4 members (excludes halogenated alkanes) is 1. The van der Waals surface area contributed by atoms with Crippen molar-refractivity contribution < 1.29 is 24.0 Å². The van der Waals surface area contributed by atoms with E-state index in [9.17, 15) is 19.2 Å². The first-order chi connectivity index (χ1) is 8.00. The van der Waals surface area contributed by atoms with E-state index in [0.29, 0.717) is 24.3 Å². The highest BCUT2D eigenvalue weighted by Crippen LogP contribution is 2.13. The summed E-state index contributed by atoms with van der Waals surface area (Å²) in [6.45, 7) is 1.49. The summed E-state index contributed by atoms with van der Waals surface area (Å²) in [5, 5.41) is 0.535. The molecule has 1 heterocycles. The Balaban J connectivity index is 2.23. The summed E-state index contributed by atoms with van der Waals surface area (Å²) in [5.74, 6) is -1.50. The van der Waals surface area contributed by atoms with Crippen LogP contribution >= 0.6 is 0 Å². The van der Waals surface area contributed by atoms with Gasteiger partial charge in [-0.2, -0.15) is 0 Å². The Labute approximate surface area is 98.9 Å². The van der Waals surface area contributed by atoms with Gasteiger partial charge in [-0.15, -0.1) is 5.06 Å². The third-order valence-electron chi connectivity index (χ3n) is 2.36. The van der Waals surface area contributed by atoms with Gasteiger partial charge in [0.1, 0.15) is 5.78 Å². The van der Waals surface area contributed by atoms with Gasteiger partial charge in [-0.05, 0) is 19.8 Å². The molecule has 1 aliphatic heterocycles. The molecular formula is C11H15NO5. The molecule has 0 aliphatic carbocycles. The molecule has 1 saturated heterocycles. The first-order valence-corrected chi connectivity index (χ1v) is 5.56. The number of carbonyl (C=O) groups excluding carboxylic acids is 4. The summed E-state index contributed by atoms with van der Waals surface area (Å²) in [5.41, 5.74) is 0. The van der Waals surface area contributed by atoms with Crippen LogP contribution in [-0.4, -0.2) is 28.6 Å². The standard InChI is InChI=1S/C11H15NO5/c1-8(13)4-2-3-5-11(16)17-12-9(14)6-7-10(12)15/h2-7H2,1H3. The fraction of sp³-hybridized carbons (Fsp3) is 0.636. The second kappa shape index (κ2) is 6.12. The van der Waals surface area contributed by atoms with Crippen molar-refractivity contribution in [2.24, 2.45) is 0 Å². The lowest BCUT2D eigenvalue weighted by Crippen LogP contribution is -2.31. The SMILES string of the molecule is CC(=O)CCCCC(=O)ON1C(=O)CCC1=O.